The maximum Gasteiger partial charge on any atom is 0.264 e. The van der Waals surface area contributed by atoms with E-state index in [-0.39, 0.29) is 24.3 Å². The largest absolute Gasteiger partial charge is 0.368 e. The van der Waals surface area contributed by atoms with Crippen molar-refractivity contribution in [3.63, 3.8) is 0 Å². The Bertz CT molecular complexity index is 2420. The number of imide groups is 2. The Hall–Kier alpha value is -6.26. The van der Waals surface area contributed by atoms with Crippen LogP contribution in [0.15, 0.2) is 65.2 Å². The predicted molar refractivity (Wildman–Crippen MR) is 213 cm³/mol. The highest BCUT2D eigenvalue weighted by atomic mass is 16.5. The van der Waals surface area contributed by atoms with Crippen molar-refractivity contribution in [2.75, 3.05) is 49.5 Å². The third-order valence-corrected chi connectivity index (χ3v) is 11.7. The van der Waals surface area contributed by atoms with E-state index in [1.807, 2.05) is 36.4 Å². The lowest BCUT2D eigenvalue weighted by atomic mass is 10.0. The van der Waals surface area contributed by atoms with Crippen LogP contribution in [0.25, 0.3) is 22.4 Å². The van der Waals surface area contributed by atoms with Gasteiger partial charge >= 0.3 is 0 Å². The number of likely N-dealkylation sites (tertiary alicyclic amines) is 1. The summed E-state index contributed by atoms with van der Waals surface area (Å²) in [6, 6.07) is 17.6. The molecule has 16 heteroatoms. The fourth-order valence-electron chi connectivity index (χ4n) is 8.51. The Morgan fingerprint density at radius 2 is 1.76 bits per heavy atom. The zero-order chi connectivity index (χ0) is 39.9. The van der Waals surface area contributed by atoms with Crippen molar-refractivity contribution in [2.24, 2.45) is 0 Å². The quantitative estimate of drug-likeness (QED) is 0.164. The van der Waals surface area contributed by atoms with E-state index in [9.17, 15) is 24.0 Å². The molecule has 4 aliphatic rings. The monoisotopic (exact) mass is 784 g/mol. The Balaban J connectivity index is 0.746. The van der Waals surface area contributed by atoms with Crippen LogP contribution in [0.1, 0.15) is 81.8 Å². The van der Waals surface area contributed by atoms with Gasteiger partial charge in [-0.15, -0.1) is 0 Å². The lowest BCUT2D eigenvalue weighted by Crippen LogP contribution is -2.54. The van der Waals surface area contributed by atoms with E-state index >= 15 is 0 Å². The van der Waals surface area contributed by atoms with Crippen molar-refractivity contribution in [3.8, 4) is 11.4 Å². The number of aromatic amines is 1. The highest BCUT2D eigenvalue weighted by Gasteiger charge is 2.46. The summed E-state index contributed by atoms with van der Waals surface area (Å²) in [4.78, 5) is 84.8. The number of nitrogens with zero attached hydrogens (tertiary/aromatic N) is 7. The van der Waals surface area contributed by atoms with Crippen LogP contribution in [0.5, 0.6) is 0 Å². The number of hydrogen-bond acceptors (Lipinski definition) is 12. The molecule has 3 saturated heterocycles. The first-order valence-corrected chi connectivity index (χ1v) is 20.0. The van der Waals surface area contributed by atoms with E-state index in [0.717, 1.165) is 66.5 Å². The van der Waals surface area contributed by atoms with Crippen LogP contribution < -0.4 is 15.5 Å². The summed E-state index contributed by atoms with van der Waals surface area (Å²) in [5, 5.41) is 9.41. The van der Waals surface area contributed by atoms with Crippen molar-refractivity contribution in [1.29, 1.82) is 0 Å². The third-order valence-electron chi connectivity index (χ3n) is 11.7. The van der Waals surface area contributed by atoms with Crippen LogP contribution in [0.4, 0.5) is 11.4 Å². The van der Waals surface area contributed by atoms with Crippen molar-refractivity contribution in [1.82, 2.24) is 40.1 Å². The molecule has 5 aromatic rings. The SMILES string of the molecule is C[C@H]1CCCN1Cc1nc2ccc(NC(=O)c3ccc(-c4noc(CCCN5CCN(c6cccc7c6C(=O)N(C6CCC(=O)NC6=O)C7=O)CC5)n4)cc3)cc2[nH]1. The molecule has 3 N–H and O–H groups in total. The van der Waals surface area contributed by atoms with Crippen LogP contribution in [-0.4, -0.2) is 116 Å². The summed E-state index contributed by atoms with van der Waals surface area (Å²) in [5.74, 6) is -0.326. The average Bonchev–Trinajstić information content (AvgIpc) is 4.02. The van der Waals surface area contributed by atoms with E-state index in [1.54, 1.807) is 24.3 Å². The van der Waals surface area contributed by atoms with Crippen LogP contribution in [0.3, 0.4) is 0 Å². The summed E-state index contributed by atoms with van der Waals surface area (Å²) >= 11 is 0. The molecule has 6 heterocycles. The number of fused-ring (bicyclic) bond motifs is 2. The first-order valence-electron chi connectivity index (χ1n) is 20.0. The Morgan fingerprint density at radius 1 is 0.931 bits per heavy atom. The van der Waals surface area contributed by atoms with Crippen molar-refractivity contribution in [2.45, 2.75) is 64.1 Å². The number of rotatable bonds is 11. The fourth-order valence-corrected chi connectivity index (χ4v) is 8.51. The van der Waals surface area contributed by atoms with Gasteiger partial charge in [-0.1, -0.05) is 23.4 Å². The summed E-state index contributed by atoms with van der Waals surface area (Å²) in [5.41, 5.74) is 4.97. The van der Waals surface area contributed by atoms with E-state index in [1.165, 1.54) is 12.8 Å². The second-order valence-electron chi connectivity index (χ2n) is 15.5. The summed E-state index contributed by atoms with van der Waals surface area (Å²) < 4.78 is 5.56. The van der Waals surface area contributed by atoms with Gasteiger partial charge in [0.25, 0.3) is 17.7 Å². The first kappa shape index (κ1) is 37.3. The third kappa shape index (κ3) is 7.36. The van der Waals surface area contributed by atoms with E-state index in [2.05, 4.69) is 47.4 Å². The number of H-pyrrole nitrogens is 1. The molecule has 0 bridgehead atoms. The minimum atomic E-state index is -0.998. The van der Waals surface area contributed by atoms with Crippen molar-refractivity contribution >= 4 is 51.9 Å². The van der Waals surface area contributed by atoms with E-state index < -0.39 is 29.7 Å². The van der Waals surface area contributed by atoms with Crippen LogP contribution in [-0.2, 0) is 22.6 Å². The number of piperazine rings is 1. The minimum Gasteiger partial charge on any atom is -0.368 e. The van der Waals surface area contributed by atoms with Gasteiger partial charge in [0.15, 0.2) is 0 Å². The van der Waals surface area contributed by atoms with Gasteiger partial charge in [0.1, 0.15) is 11.9 Å². The van der Waals surface area contributed by atoms with Gasteiger partial charge in [0.05, 0.1) is 34.4 Å². The summed E-state index contributed by atoms with van der Waals surface area (Å²) in [6.07, 6.45) is 4.03. The van der Waals surface area contributed by atoms with E-state index in [0.29, 0.717) is 59.8 Å². The number of piperidine rings is 1. The number of aryl methyl sites for hydroxylation is 1. The van der Waals surface area contributed by atoms with Crippen LogP contribution >= 0.6 is 0 Å². The molecular formula is C42H44N10O6. The number of carbonyl (C=O) groups is 5. The first-order chi connectivity index (χ1) is 28.2. The minimum absolute atomic E-state index is 0.0772. The lowest BCUT2D eigenvalue weighted by molar-refractivity contribution is -0.136. The number of anilines is 2. The average molecular weight is 785 g/mol. The molecule has 4 aliphatic heterocycles. The van der Waals surface area contributed by atoms with E-state index in [4.69, 9.17) is 9.51 Å². The molecule has 3 aromatic carbocycles. The number of nitrogens with one attached hydrogen (secondary N) is 3. The normalized spacial score (nSPS) is 20.3. The second-order valence-corrected chi connectivity index (χ2v) is 15.5. The molecule has 5 amide bonds. The van der Waals surface area contributed by atoms with Crippen molar-refractivity contribution in [3.05, 3.63) is 89.1 Å². The van der Waals surface area contributed by atoms with Crippen LogP contribution in [0.2, 0.25) is 0 Å². The van der Waals surface area contributed by atoms with Crippen LogP contribution in [0, 0.1) is 0 Å². The zero-order valence-electron chi connectivity index (χ0n) is 32.2. The molecule has 58 heavy (non-hydrogen) atoms. The molecule has 1 unspecified atom stereocenters. The van der Waals surface area contributed by atoms with Crippen molar-refractivity contribution < 1.29 is 28.5 Å². The molecule has 9 rings (SSSR count). The molecule has 0 aliphatic carbocycles. The number of carbonyl (C=O) groups excluding carboxylic acids is 5. The summed E-state index contributed by atoms with van der Waals surface area (Å²) in [6.45, 7) is 7.78. The highest BCUT2D eigenvalue weighted by molar-refractivity contribution is 6.25. The second kappa shape index (κ2) is 15.6. The predicted octanol–water partition coefficient (Wildman–Crippen LogP) is 4.01. The number of imidazole rings is 1. The Labute approximate surface area is 333 Å². The molecule has 16 nitrogen and oxygen atoms in total. The van der Waals surface area contributed by atoms with Gasteiger partial charge in [-0.2, -0.15) is 4.98 Å². The van der Waals surface area contributed by atoms with Gasteiger partial charge in [-0.05, 0) is 88.2 Å². The Kier molecular flexibility index (Phi) is 10.0. The van der Waals surface area contributed by atoms with Gasteiger partial charge in [0.2, 0.25) is 23.5 Å². The van der Waals surface area contributed by atoms with Gasteiger partial charge in [0, 0.05) is 61.9 Å². The molecule has 3 fully saturated rings. The van der Waals surface area contributed by atoms with Gasteiger partial charge in [-0.3, -0.25) is 44.0 Å². The van der Waals surface area contributed by atoms with Gasteiger partial charge in [-0.25, -0.2) is 4.98 Å². The topological polar surface area (TPSA) is 190 Å². The zero-order valence-corrected chi connectivity index (χ0v) is 32.2. The number of amides is 5. The number of hydrogen-bond donors (Lipinski definition) is 3. The molecule has 2 aromatic heterocycles. The molecular weight excluding hydrogens is 741 g/mol. The molecule has 0 radical (unpaired) electrons. The molecule has 2 atom stereocenters. The van der Waals surface area contributed by atoms with Gasteiger partial charge < -0.3 is 19.7 Å². The smallest absolute Gasteiger partial charge is 0.264 e. The maximum absolute atomic E-state index is 13.6. The standard InChI is InChI=1S/C42H44N10O6/c1-25-5-3-18-51(25)24-34-44-30-14-13-28(23-31(30)45-34)43-39(54)27-11-9-26(10-12-27)38-47-36(58-48-38)8-4-17-49-19-21-50(22-20-49)32-7-2-6-29-37(32)42(57)52(41(29)56)33-15-16-35(53)46-40(33)55/h2,6-7,9-14,23,25,33H,3-5,8,15-22,24H2,1H3,(H,43,54)(H,44,45)(H,46,53,55)/t25-,33?/m0/s1. The maximum atomic E-state index is 13.6. The highest BCUT2D eigenvalue weighted by Crippen LogP contribution is 2.35. The fraction of sp³-hybridized carbons (Fsp3) is 0.381. The molecule has 0 saturated carbocycles. The number of benzene rings is 3. The molecule has 298 valence electrons. The number of aromatic nitrogens is 4. The summed E-state index contributed by atoms with van der Waals surface area (Å²) in [7, 11) is 0. The Morgan fingerprint density at radius 3 is 2.53 bits per heavy atom. The molecule has 0 spiro atoms. The lowest BCUT2D eigenvalue weighted by Gasteiger charge is -2.36.